The van der Waals surface area contributed by atoms with E-state index in [0.717, 1.165) is 11.3 Å². The van der Waals surface area contributed by atoms with E-state index in [1.165, 1.54) is 10.4 Å². The summed E-state index contributed by atoms with van der Waals surface area (Å²) < 4.78 is 104. The highest BCUT2D eigenvalue weighted by Crippen LogP contribution is 2.38. The first-order valence-electron chi connectivity index (χ1n) is 8.92. The van der Waals surface area contributed by atoms with Crippen molar-refractivity contribution in [2.24, 2.45) is 5.92 Å². The molecule has 31 heavy (non-hydrogen) atoms. The zero-order valence-electron chi connectivity index (χ0n) is 15.6. The van der Waals surface area contributed by atoms with Gasteiger partial charge in [-0.25, -0.2) is 8.42 Å². The fourth-order valence-corrected chi connectivity index (χ4v) is 5.78. The van der Waals surface area contributed by atoms with E-state index in [0.29, 0.717) is 12.1 Å². The predicted octanol–water partition coefficient (Wildman–Crippen LogP) is 4.83. The molecule has 1 amide bonds. The van der Waals surface area contributed by atoms with Crippen LogP contribution in [0.4, 0.5) is 32.0 Å². The van der Waals surface area contributed by atoms with E-state index in [-0.39, 0.29) is 36.2 Å². The number of rotatable bonds is 4. The average molecular weight is 486 g/mol. The molecule has 0 radical (unpaired) electrons. The van der Waals surface area contributed by atoms with Crippen molar-refractivity contribution in [1.29, 1.82) is 0 Å². The summed E-state index contributed by atoms with van der Waals surface area (Å²) in [7, 11) is -3.70. The number of amides is 1. The number of benzene rings is 1. The van der Waals surface area contributed by atoms with Crippen molar-refractivity contribution in [2.45, 2.75) is 29.4 Å². The lowest BCUT2D eigenvalue weighted by Crippen LogP contribution is -2.41. The first kappa shape index (κ1) is 23.5. The molecule has 0 atom stereocenters. The number of alkyl halides is 6. The third-order valence-electron chi connectivity index (χ3n) is 4.77. The van der Waals surface area contributed by atoms with Gasteiger partial charge in [0.05, 0.1) is 11.1 Å². The van der Waals surface area contributed by atoms with Gasteiger partial charge in [-0.2, -0.15) is 30.6 Å². The van der Waals surface area contributed by atoms with Crippen LogP contribution in [-0.4, -0.2) is 31.7 Å². The van der Waals surface area contributed by atoms with Crippen LogP contribution in [0.1, 0.15) is 24.0 Å². The summed E-state index contributed by atoms with van der Waals surface area (Å²) in [4.78, 5) is 12.4. The smallest absolute Gasteiger partial charge is 0.326 e. The zero-order valence-corrected chi connectivity index (χ0v) is 17.3. The molecule has 0 spiro atoms. The van der Waals surface area contributed by atoms with Crippen LogP contribution in [0.2, 0.25) is 0 Å². The van der Waals surface area contributed by atoms with Crippen LogP contribution in [0.5, 0.6) is 0 Å². The highest BCUT2D eigenvalue weighted by Gasteiger charge is 2.38. The fourth-order valence-electron chi connectivity index (χ4n) is 3.17. The van der Waals surface area contributed by atoms with E-state index in [9.17, 15) is 39.6 Å². The maximum atomic E-state index is 13.0. The van der Waals surface area contributed by atoms with E-state index in [4.69, 9.17) is 0 Å². The number of sulfonamides is 1. The van der Waals surface area contributed by atoms with Gasteiger partial charge < -0.3 is 5.32 Å². The van der Waals surface area contributed by atoms with E-state index in [1.54, 1.807) is 11.4 Å². The lowest BCUT2D eigenvalue weighted by atomic mass is 9.97. The molecule has 1 aliphatic heterocycles. The maximum absolute atomic E-state index is 13.0. The molecule has 5 nitrogen and oxygen atoms in total. The van der Waals surface area contributed by atoms with Gasteiger partial charge >= 0.3 is 12.4 Å². The number of carbonyl (C=O) groups excluding carboxylic acids is 1. The molecule has 3 rings (SSSR count). The Morgan fingerprint density at radius 3 is 2.00 bits per heavy atom. The van der Waals surface area contributed by atoms with Crippen molar-refractivity contribution >= 4 is 33.0 Å². The van der Waals surface area contributed by atoms with Gasteiger partial charge in [-0.1, -0.05) is 6.07 Å². The number of anilines is 1. The topological polar surface area (TPSA) is 66.5 Å². The minimum absolute atomic E-state index is 0.00864. The molecule has 170 valence electrons. The van der Waals surface area contributed by atoms with Crippen LogP contribution in [0.15, 0.2) is 39.9 Å². The Balaban J connectivity index is 1.71. The van der Waals surface area contributed by atoms with Gasteiger partial charge in [0.1, 0.15) is 4.21 Å². The van der Waals surface area contributed by atoms with Crippen molar-refractivity contribution < 1.29 is 39.6 Å². The normalized spacial score (nSPS) is 17.0. The van der Waals surface area contributed by atoms with Crippen LogP contribution in [-0.2, 0) is 27.2 Å². The lowest BCUT2D eigenvalue weighted by molar-refractivity contribution is -0.143. The van der Waals surface area contributed by atoms with Gasteiger partial charge in [-0.3, -0.25) is 4.79 Å². The van der Waals surface area contributed by atoms with Crippen molar-refractivity contribution in [3.8, 4) is 0 Å². The number of piperidine rings is 1. The number of nitrogens with one attached hydrogen (secondary N) is 1. The minimum Gasteiger partial charge on any atom is -0.326 e. The molecule has 1 aromatic carbocycles. The Hall–Kier alpha value is -2.12. The molecule has 2 heterocycles. The van der Waals surface area contributed by atoms with Crippen molar-refractivity contribution in [3.05, 3.63) is 46.8 Å². The molecule has 1 aliphatic rings. The number of thiophene rings is 1. The average Bonchev–Trinajstić information content (AvgIpc) is 3.22. The van der Waals surface area contributed by atoms with Crippen LogP contribution >= 0.6 is 11.3 Å². The highest BCUT2D eigenvalue weighted by molar-refractivity contribution is 7.91. The molecule has 1 N–H and O–H groups in total. The Bertz CT molecular complexity index is 1010. The molecule has 2 aromatic rings. The Labute approximate surface area is 177 Å². The third-order valence-corrected chi connectivity index (χ3v) is 8.04. The molecular formula is C18H16F6N2O3S2. The first-order valence-corrected chi connectivity index (χ1v) is 11.2. The summed E-state index contributed by atoms with van der Waals surface area (Å²) >= 11 is 1.05. The van der Waals surface area contributed by atoms with E-state index < -0.39 is 51.0 Å². The quantitative estimate of drug-likeness (QED) is 0.630. The SMILES string of the molecule is O=C(Nc1cc(C(F)(F)F)cc(C(F)(F)F)c1)C1CCN(S(=O)(=O)c2cccs2)CC1. The van der Waals surface area contributed by atoms with Crippen molar-refractivity contribution in [3.63, 3.8) is 0 Å². The van der Waals surface area contributed by atoms with E-state index in [2.05, 4.69) is 5.32 Å². The Kier molecular flexibility index (Phi) is 6.40. The van der Waals surface area contributed by atoms with Crippen LogP contribution in [0, 0.1) is 5.92 Å². The van der Waals surface area contributed by atoms with Gasteiger partial charge in [0.2, 0.25) is 5.91 Å². The summed E-state index contributed by atoms with van der Waals surface area (Å²) in [6.45, 7) is 0.0173. The van der Waals surface area contributed by atoms with Crippen molar-refractivity contribution in [2.75, 3.05) is 18.4 Å². The summed E-state index contributed by atoms with van der Waals surface area (Å²) in [5.41, 5.74) is -3.69. The van der Waals surface area contributed by atoms with Gasteiger partial charge in [0.25, 0.3) is 10.0 Å². The lowest BCUT2D eigenvalue weighted by Gasteiger charge is -2.30. The monoisotopic (exact) mass is 486 g/mol. The van der Waals surface area contributed by atoms with Crippen molar-refractivity contribution in [1.82, 2.24) is 4.31 Å². The molecule has 1 saturated heterocycles. The van der Waals surface area contributed by atoms with Crippen LogP contribution < -0.4 is 5.32 Å². The highest BCUT2D eigenvalue weighted by atomic mass is 32.2. The molecule has 0 saturated carbocycles. The summed E-state index contributed by atoms with van der Waals surface area (Å²) in [5, 5.41) is 3.72. The fraction of sp³-hybridized carbons (Fsp3) is 0.389. The second-order valence-electron chi connectivity index (χ2n) is 6.89. The first-order chi connectivity index (χ1) is 14.3. The van der Waals surface area contributed by atoms with Crippen LogP contribution in [0.3, 0.4) is 0 Å². The maximum Gasteiger partial charge on any atom is 0.416 e. The third kappa shape index (κ3) is 5.39. The largest absolute Gasteiger partial charge is 0.416 e. The molecule has 1 aromatic heterocycles. The summed E-state index contributed by atoms with van der Waals surface area (Å²) in [5.74, 6) is -1.51. The summed E-state index contributed by atoms with van der Waals surface area (Å²) in [6, 6.07) is 3.88. The Morgan fingerprint density at radius 2 is 1.55 bits per heavy atom. The van der Waals surface area contributed by atoms with Crippen LogP contribution in [0.25, 0.3) is 0 Å². The summed E-state index contributed by atoms with van der Waals surface area (Å²) in [6.07, 6.45) is -9.88. The van der Waals surface area contributed by atoms with Gasteiger partial charge in [0.15, 0.2) is 0 Å². The van der Waals surface area contributed by atoms with Gasteiger partial charge in [-0.15, -0.1) is 11.3 Å². The van der Waals surface area contributed by atoms with E-state index in [1.807, 2.05) is 0 Å². The molecule has 1 fully saturated rings. The standard InChI is InChI=1S/C18H16F6N2O3S2/c19-17(20,21)12-8-13(18(22,23)24)10-14(9-12)25-16(27)11-3-5-26(6-4-11)31(28,29)15-2-1-7-30-15/h1-2,7-11H,3-6H2,(H,25,27). The van der Waals surface area contributed by atoms with Gasteiger partial charge in [-0.05, 0) is 42.5 Å². The number of halogens is 6. The number of nitrogens with zero attached hydrogens (tertiary/aromatic N) is 1. The molecule has 0 bridgehead atoms. The zero-order chi connectivity index (χ0) is 23.0. The molecular weight excluding hydrogens is 470 g/mol. The molecule has 13 heteroatoms. The number of carbonyl (C=O) groups is 1. The Morgan fingerprint density at radius 1 is 1.00 bits per heavy atom. The second kappa shape index (κ2) is 8.43. The number of hydrogen-bond acceptors (Lipinski definition) is 4. The van der Waals surface area contributed by atoms with E-state index >= 15 is 0 Å². The molecule has 0 aliphatic carbocycles. The molecule has 0 unspecified atom stereocenters. The predicted molar refractivity (Wildman–Crippen MR) is 101 cm³/mol. The van der Waals surface area contributed by atoms with Gasteiger partial charge in [0, 0.05) is 24.7 Å². The minimum atomic E-state index is -5.03. The number of hydrogen-bond donors (Lipinski definition) is 1. The second-order valence-corrected chi connectivity index (χ2v) is 10.0.